The molecule has 2 aromatic carbocycles. The molecule has 0 amide bonds. The number of sulfone groups is 1. The third-order valence-corrected chi connectivity index (χ3v) is 7.34. The molecule has 0 bridgehead atoms. The molecule has 0 aliphatic carbocycles. The fourth-order valence-corrected chi connectivity index (χ4v) is 5.04. The lowest BCUT2D eigenvalue weighted by Gasteiger charge is -2.28. The van der Waals surface area contributed by atoms with Crippen molar-refractivity contribution < 1.29 is 17.9 Å². The smallest absolute Gasteiger partial charge is 0.181 e. The zero-order chi connectivity index (χ0) is 19.6. The number of hydrogen-bond acceptors (Lipinski definition) is 4. The van der Waals surface area contributed by atoms with Crippen LogP contribution in [0.2, 0.25) is 0 Å². The Kier molecular flexibility index (Phi) is 5.67. The second-order valence-corrected chi connectivity index (χ2v) is 9.35. The largest absolute Gasteiger partial charge is 0.505 e. The maximum Gasteiger partial charge on any atom is 0.181 e. The van der Waals surface area contributed by atoms with Gasteiger partial charge >= 0.3 is 0 Å². The van der Waals surface area contributed by atoms with Crippen LogP contribution in [-0.2, 0) is 9.84 Å². The second-order valence-electron chi connectivity index (χ2n) is 7.12. The van der Waals surface area contributed by atoms with E-state index in [0.717, 1.165) is 18.7 Å². The van der Waals surface area contributed by atoms with Gasteiger partial charge in [0.15, 0.2) is 21.4 Å². The van der Waals surface area contributed by atoms with Gasteiger partial charge in [-0.3, -0.25) is 0 Å². The summed E-state index contributed by atoms with van der Waals surface area (Å²) < 4.78 is 39.2. The zero-order valence-electron chi connectivity index (χ0n) is 15.5. The van der Waals surface area contributed by atoms with Gasteiger partial charge in [0.1, 0.15) is 0 Å². The summed E-state index contributed by atoms with van der Waals surface area (Å²) in [5.41, 5.74) is 1.92. The van der Waals surface area contributed by atoms with E-state index in [4.69, 9.17) is 0 Å². The SMILES string of the molecule is Cc1cc(/C=C/c2ccc(S(=O)(=O)C3CCN(C)CC3)cc2)cc(F)c1O. The standard InChI is InChI=1S/C21H24FNO3S/c1-15-13-17(14-20(22)21(15)24)4-3-16-5-7-18(8-6-16)27(25,26)19-9-11-23(2)12-10-19/h3-8,13-14,19,24H,9-12H2,1-2H3/b4-3+. The highest BCUT2D eigenvalue weighted by atomic mass is 32.2. The molecule has 0 saturated carbocycles. The molecule has 1 aliphatic heterocycles. The number of rotatable bonds is 4. The van der Waals surface area contributed by atoms with E-state index in [0.29, 0.717) is 28.9 Å². The average molecular weight is 389 g/mol. The summed E-state index contributed by atoms with van der Waals surface area (Å²) in [6.45, 7) is 3.24. The van der Waals surface area contributed by atoms with Gasteiger partial charge in [-0.2, -0.15) is 0 Å². The minimum Gasteiger partial charge on any atom is -0.505 e. The molecular formula is C21H24FNO3S. The molecule has 6 heteroatoms. The minimum atomic E-state index is -3.31. The van der Waals surface area contributed by atoms with E-state index >= 15 is 0 Å². The molecule has 1 N–H and O–H groups in total. The van der Waals surface area contributed by atoms with Crippen molar-refractivity contribution in [3.05, 3.63) is 58.9 Å². The number of halogens is 1. The van der Waals surface area contributed by atoms with Gasteiger partial charge < -0.3 is 10.0 Å². The molecule has 0 unspecified atom stereocenters. The van der Waals surface area contributed by atoms with Gasteiger partial charge in [0.2, 0.25) is 0 Å². The second kappa shape index (κ2) is 7.82. The highest BCUT2D eigenvalue weighted by molar-refractivity contribution is 7.92. The Balaban J connectivity index is 1.75. The Labute approximate surface area is 159 Å². The molecule has 27 heavy (non-hydrogen) atoms. The van der Waals surface area contributed by atoms with E-state index in [9.17, 15) is 17.9 Å². The topological polar surface area (TPSA) is 57.6 Å². The van der Waals surface area contributed by atoms with Crippen molar-refractivity contribution in [2.45, 2.75) is 29.9 Å². The maximum absolute atomic E-state index is 13.6. The van der Waals surface area contributed by atoms with Crippen LogP contribution in [0.5, 0.6) is 5.75 Å². The first-order chi connectivity index (χ1) is 12.8. The summed E-state index contributed by atoms with van der Waals surface area (Å²) in [6, 6.07) is 9.72. The summed E-state index contributed by atoms with van der Waals surface area (Å²) >= 11 is 0. The lowest BCUT2D eigenvalue weighted by molar-refractivity contribution is 0.277. The van der Waals surface area contributed by atoms with Gasteiger partial charge in [0.25, 0.3) is 0 Å². The fourth-order valence-electron chi connectivity index (χ4n) is 3.31. The van der Waals surface area contributed by atoms with Crippen LogP contribution >= 0.6 is 0 Å². The zero-order valence-corrected chi connectivity index (χ0v) is 16.3. The predicted octanol–water partition coefficient (Wildman–Crippen LogP) is 3.88. The van der Waals surface area contributed by atoms with Crippen LogP contribution in [0.15, 0.2) is 41.3 Å². The average Bonchev–Trinajstić information content (AvgIpc) is 2.65. The molecule has 1 heterocycles. The van der Waals surface area contributed by atoms with E-state index in [-0.39, 0.29) is 11.0 Å². The summed E-state index contributed by atoms with van der Waals surface area (Å²) in [5.74, 6) is -0.996. The number of likely N-dealkylation sites (tertiary alicyclic amines) is 1. The van der Waals surface area contributed by atoms with Gasteiger partial charge in [-0.15, -0.1) is 0 Å². The lowest BCUT2D eigenvalue weighted by atomic mass is 10.1. The first kappa shape index (κ1) is 19.6. The van der Waals surface area contributed by atoms with Gasteiger partial charge in [-0.05, 0) is 80.9 Å². The van der Waals surface area contributed by atoms with Crippen molar-refractivity contribution in [3.8, 4) is 5.75 Å². The number of phenolic OH excluding ortho intramolecular Hbond substituents is 1. The van der Waals surface area contributed by atoms with Crippen LogP contribution in [0.25, 0.3) is 12.2 Å². The number of piperidine rings is 1. The number of aryl methyl sites for hydroxylation is 1. The number of aromatic hydroxyl groups is 1. The van der Waals surface area contributed by atoms with Gasteiger partial charge in [-0.1, -0.05) is 24.3 Å². The third-order valence-electron chi connectivity index (χ3n) is 5.06. The highest BCUT2D eigenvalue weighted by Crippen LogP contribution is 2.26. The van der Waals surface area contributed by atoms with E-state index in [1.807, 2.05) is 7.05 Å². The lowest BCUT2D eigenvalue weighted by Crippen LogP contribution is -2.37. The normalized spacial score (nSPS) is 16.9. The van der Waals surface area contributed by atoms with Crippen LogP contribution in [-0.4, -0.2) is 43.8 Å². The van der Waals surface area contributed by atoms with Crippen LogP contribution in [0.4, 0.5) is 4.39 Å². The van der Waals surface area contributed by atoms with Crippen LogP contribution < -0.4 is 0 Å². The number of benzene rings is 2. The van der Waals surface area contributed by atoms with Gasteiger partial charge in [0.05, 0.1) is 10.1 Å². The Morgan fingerprint density at radius 2 is 1.67 bits per heavy atom. The van der Waals surface area contributed by atoms with Crippen molar-refractivity contribution in [2.24, 2.45) is 0 Å². The predicted molar refractivity (Wildman–Crippen MR) is 106 cm³/mol. The Hall–Kier alpha value is -2.18. The van der Waals surface area contributed by atoms with Crippen molar-refractivity contribution in [2.75, 3.05) is 20.1 Å². The van der Waals surface area contributed by atoms with Crippen molar-refractivity contribution >= 4 is 22.0 Å². The number of hydrogen-bond donors (Lipinski definition) is 1. The molecule has 0 aromatic heterocycles. The molecular weight excluding hydrogens is 365 g/mol. The van der Waals surface area contributed by atoms with Crippen molar-refractivity contribution in [3.63, 3.8) is 0 Å². The summed E-state index contributed by atoms with van der Waals surface area (Å²) in [7, 11) is -1.31. The van der Waals surface area contributed by atoms with E-state index in [2.05, 4.69) is 4.90 Å². The Bertz CT molecular complexity index is 921. The highest BCUT2D eigenvalue weighted by Gasteiger charge is 2.30. The first-order valence-corrected chi connectivity index (χ1v) is 10.5. The van der Waals surface area contributed by atoms with E-state index in [1.54, 1.807) is 49.4 Å². The first-order valence-electron chi connectivity index (χ1n) is 8.97. The van der Waals surface area contributed by atoms with Crippen molar-refractivity contribution in [1.29, 1.82) is 0 Å². The van der Waals surface area contributed by atoms with Crippen LogP contribution in [0.3, 0.4) is 0 Å². The molecule has 2 aromatic rings. The Morgan fingerprint density at radius 3 is 2.26 bits per heavy atom. The van der Waals surface area contributed by atoms with Crippen LogP contribution in [0.1, 0.15) is 29.5 Å². The van der Waals surface area contributed by atoms with Gasteiger partial charge in [0, 0.05) is 0 Å². The maximum atomic E-state index is 13.6. The monoisotopic (exact) mass is 389 g/mol. The molecule has 0 spiro atoms. The minimum absolute atomic E-state index is 0.321. The molecule has 1 saturated heterocycles. The molecule has 0 atom stereocenters. The summed E-state index contributed by atoms with van der Waals surface area (Å²) in [5, 5.41) is 9.16. The molecule has 3 rings (SSSR count). The van der Waals surface area contributed by atoms with E-state index < -0.39 is 15.7 Å². The molecule has 4 nitrogen and oxygen atoms in total. The molecule has 1 fully saturated rings. The Morgan fingerprint density at radius 1 is 1.07 bits per heavy atom. The fraction of sp³-hybridized carbons (Fsp3) is 0.333. The van der Waals surface area contributed by atoms with Crippen LogP contribution in [0, 0.1) is 12.7 Å². The third kappa shape index (κ3) is 4.39. The quantitative estimate of drug-likeness (QED) is 0.807. The molecule has 1 aliphatic rings. The van der Waals surface area contributed by atoms with E-state index in [1.165, 1.54) is 6.07 Å². The number of phenols is 1. The molecule has 144 valence electrons. The number of nitrogens with zero attached hydrogens (tertiary/aromatic N) is 1. The van der Waals surface area contributed by atoms with Gasteiger partial charge in [-0.25, -0.2) is 12.8 Å². The molecule has 0 radical (unpaired) electrons. The summed E-state index contributed by atoms with van der Waals surface area (Å²) in [4.78, 5) is 2.49. The van der Waals surface area contributed by atoms with Crippen molar-refractivity contribution in [1.82, 2.24) is 4.90 Å². The summed E-state index contributed by atoms with van der Waals surface area (Å²) in [6.07, 6.45) is 4.84.